The van der Waals surface area contributed by atoms with E-state index in [0.717, 1.165) is 57.8 Å². The molecule has 0 radical (unpaired) electrons. The molecule has 7 nitrogen and oxygen atoms in total. The minimum absolute atomic E-state index is 0.0718. The van der Waals surface area contributed by atoms with E-state index in [2.05, 4.69) is 13.8 Å². The Morgan fingerprint density at radius 3 is 2.21 bits per heavy atom. The molecule has 38 heavy (non-hydrogen) atoms. The van der Waals surface area contributed by atoms with Crippen LogP contribution in [0.4, 0.5) is 0 Å². The molecule has 1 aliphatic carbocycles. The van der Waals surface area contributed by atoms with Gasteiger partial charge in [0.1, 0.15) is 19.3 Å². The van der Waals surface area contributed by atoms with Crippen LogP contribution in [0.15, 0.2) is 36.5 Å². The molecule has 0 aromatic rings. The standard InChI is InChI=1S/C31H50O7/c1-3-5-7-8-13-17-30(35)37-23-27(33)24-38-31(36)18-14-10-9-12-15-25-19-22-29(34)28(25)21-20-26(32)16-11-6-4-2/h9,12,19-22,25-28,32-33H,3-8,10-11,13-18,23-24H2,1-2H3/b12-9-,21-20+/t25-,26-,27+,28+/m0/s1. The smallest absolute Gasteiger partial charge is 0.305 e. The van der Waals surface area contributed by atoms with Crippen molar-refractivity contribution in [3.63, 3.8) is 0 Å². The van der Waals surface area contributed by atoms with E-state index in [1.807, 2.05) is 24.3 Å². The van der Waals surface area contributed by atoms with Gasteiger partial charge in [0.2, 0.25) is 0 Å². The molecule has 2 N–H and O–H groups in total. The zero-order valence-corrected chi connectivity index (χ0v) is 23.5. The predicted molar refractivity (Wildman–Crippen MR) is 149 cm³/mol. The van der Waals surface area contributed by atoms with Gasteiger partial charge in [-0.3, -0.25) is 14.4 Å². The van der Waals surface area contributed by atoms with E-state index in [-0.39, 0.29) is 43.2 Å². The van der Waals surface area contributed by atoms with Gasteiger partial charge in [-0.05, 0) is 44.1 Å². The Labute approximate surface area is 229 Å². The fourth-order valence-corrected chi connectivity index (χ4v) is 4.25. The maximum absolute atomic E-state index is 12.2. The van der Waals surface area contributed by atoms with Crippen molar-refractivity contribution >= 4 is 17.7 Å². The summed E-state index contributed by atoms with van der Waals surface area (Å²) in [6, 6.07) is 0. The summed E-state index contributed by atoms with van der Waals surface area (Å²) in [4.78, 5) is 35.8. The van der Waals surface area contributed by atoms with Gasteiger partial charge < -0.3 is 19.7 Å². The Hall–Kier alpha value is -2.25. The van der Waals surface area contributed by atoms with Crippen LogP contribution in [0, 0.1) is 11.8 Å². The topological polar surface area (TPSA) is 110 Å². The van der Waals surface area contributed by atoms with Crippen molar-refractivity contribution in [3.8, 4) is 0 Å². The SMILES string of the molecule is CCCCCCCC(=O)OC[C@@H](O)COC(=O)CCC/C=C\C[C@H]1C=CC(=O)[C@@H]1/C=C/[C@@H](O)CCCCC. The molecule has 216 valence electrons. The number of unbranched alkanes of at least 4 members (excludes halogenated alkanes) is 7. The summed E-state index contributed by atoms with van der Waals surface area (Å²) in [5, 5.41) is 20.0. The minimum atomic E-state index is -1.02. The molecule has 0 heterocycles. The highest BCUT2D eigenvalue weighted by atomic mass is 16.6. The van der Waals surface area contributed by atoms with Crippen molar-refractivity contribution in [1.29, 1.82) is 0 Å². The molecule has 0 aromatic heterocycles. The van der Waals surface area contributed by atoms with E-state index >= 15 is 0 Å². The number of rotatable bonds is 22. The lowest BCUT2D eigenvalue weighted by Gasteiger charge is -2.13. The van der Waals surface area contributed by atoms with Crippen molar-refractivity contribution in [2.45, 2.75) is 116 Å². The van der Waals surface area contributed by atoms with E-state index < -0.39 is 18.2 Å². The van der Waals surface area contributed by atoms with Gasteiger partial charge in [-0.25, -0.2) is 0 Å². The van der Waals surface area contributed by atoms with Gasteiger partial charge in [0.05, 0.1) is 6.10 Å². The average Bonchev–Trinajstić information content (AvgIpc) is 3.25. The second kappa shape index (κ2) is 21.7. The highest BCUT2D eigenvalue weighted by Gasteiger charge is 2.26. The normalized spacial score (nSPS) is 18.9. The van der Waals surface area contributed by atoms with Crippen molar-refractivity contribution in [3.05, 3.63) is 36.5 Å². The lowest BCUT2D eigenvalue weighted by Crippen LogP contribution is -2.25. The summed E-state index contributed by atoms with van der Waals surface area (Å²) >= 11 is 0. The third-order valence-corrected chi connectivity index (χ3v) is 6.63. The van der Waals surface area contributed by atoms with Gasteiger partial charge in [0.25, 0.3) is 0 Å². The van der Waals surface area contributed by atoms with Crippen LogP contribution in [0.3, 0.4) is 0 Å². The molecule has 4 atom stereocenters. The highest BCUT2D eigenvalue weighted by molar-refractivity contribution is 5.95. The number of esters is 2. The molecule has 0 bridgehead atoms. The lowest BCUT2D eigenvalue weighted by molar-refractivity contribution is -0.152. The van der Waals surface area contributed by atoms with E-state index in [0.29, 0.717) is 19.3 Å². The van der Waals surface area contributed by atoms with Gasteiger partial charge in [-0.15, -0.1) is 0 Å². The fraction of sp³-hybridized carbons (Fsp3) is 0.710. The van der Waals surface area contributed by atoms with Crippen LogP contribution in [0.5, 0.6) is 0 Å². The molecule has 0 saturated heterocycles. The summed E-state index contributed by atoms with van der Waals surface area (Å²) in [6.07, 6.45) is 21.4. The van der Waals surface area contributed by atoms with Crippen LogP contribution in [0.25, 0.3) is 0 Å². The number of carbonyl (C=O) groups excluding carboxylic acids is 3. The molecular formula is C31H50O7. The molecule has 0 spiro atoms. The van der Waals surface area contributed by atoms with E-state index in [4.69, 9.17) is 9.47 Å². The van der Waals surface area contributed by atoms with Crippen LogP contribution in [0.1, 0.15) is 104 Å². The summed E-state index contributed by atoms with van der Waals surface area (Å²) in [7, 11) is 0. The maximum Gasteiger partial charge on any atom is 0.305 e. The van der Waals surface area contributed by atoms with E-state index in [1.165, 1.54) is 6.42 Å². The molecule has 0 unspecified atom stereocenters. The summed E-state index contributed by atoms with van der Waals surface area (Å²) in [6.45, 7) is 3.90. The molecule has 0 aliphatic heterocycles. The van der Waals surface area contributed by atoms with Crippen LogP contribution in [-0.4, -0.2) is 53.4 Å². The molecular weight excluding hydrogens is 484 g/mol. The van der Waals surface area contributed by atoms with E-state index in [9.17, 15) is 24.6 Å². The molecule has 1 rings (SSSR count). The summed E-state index contributed by atoms with van der Waals surface area (Å²) in [5.74, 6) is -0.806. The molecule has 0 fully saturated rings. The Morgan fingerprint density at radius 2 is 1.53 bits per heavy atom. The summed E-state index contributed by atoms with van der Waals surface area (Å²) in [5.41, 5.74) is 0. The Bertz CT molecular complexity index is 755. The minimum Gasteiger partial charge on any atom is -0.463 e. The quantitative estimate of drug-likeness (QED) is 0.103. The number of allylic oxidation sites excluding steroid dienone is 5. The molecule has 0 aromatic carbocycles. The first-order chi connectivity index (χ1) is 18.4. The molecule has 1 aliphatic rings. The van der Waals surface area contributed by atoms with Crippen LogP contribution >= 0.6 is 0 Å². The number of hydrogen-bond donors (Lipinski definition) is 2. The molecule has 0 amide bonds. The number of aliphatic hydroxyl groups is 2. The third-order valence-electron chi connectivity index (χ3n) is 6.63. The Balaban J connectivity index is 2.16. The van der Waals surface area contributed by atoms with Gasteiger partial charge >= 0.3 is 11.9 Å². The largest absolute Gasteiger partial charge is 0.463 e. The number of hydrogen-bond acceptors (Lipinski definition) is 7. The predicted octanol–water partition coefficient (Wildman–Crippen LogP) is 5.78. The highest BCUT2D eigenvalue weighted by Crippen LogP contribution is 2.27. The van der Waals surface area contributed by atoms with Crippen LogP contribution in [-0.2, 0) is 23.9 Å². The number of ether oxygens (including phenoxy) is 2. The fourth-order valence-electron chi connectivity index (χ4n) is 4.25. The van der Waals surface area contributed by atoms with Gasteiger partial charge in [0, 0.05) is 18.8 Å². The number of aliphatic hydroxyl groups excluding tert-OH is 2. The first-order valence-electron chi connectivity index (χ1n) is 14.6. The van der Waals surface area contributed by atoms with Crippen molar-refractivity contribution < 1.29 is 34.1 Å². The summed E-state index contributed by atoms with van der Waals surface area (Å²) < 4.78 is 10.1. The second-order valence-corrected chi connectivity index (χ2v) is 10.2. The molecule has 0 saturated carbocycles. The zero-order chi connectivity index (χ0) is 28.0. The maximum atomic E-state index is 12.2. The monoisotopic (exact) mass is 534 g/mol. The van der Waals surface area contributed by atoms with Gasteiger partial charge in [-0.2, -0.15) is 0 Å². The van der Waals surface area contributed by atoms with Crippen molar-refractivity contribution in [2.75, 3.05) is 13.2 Å². The first-order valence-corrected chi connectivity index (χ1v) is 14.6. The number of carbonyl (C=O) groups is 3. The Kier molecular flexibility index (Phi) is 19.3. The molecule has 7 heteroatoms. The Morgan fingerprint density at radius 1 is 0.895 bits per heavy atom. The second-order valence-electron chi connectivity index (χ2n) is 10.2. The van der Waals surface area contributed by atoms with Crippen molar-refractivity contribution in [2.24, 2.45) is 11.8 Å². The zero-order valence-electron chi connectivity index (χ0n) is 23.5. The van der Waals surface area contributed by atoms with Gasteiger partial charge in [0.15, 0.2) is 5.78 Å². The number of ketones is 1. The van der Waals surface area contributed by atoms with Crippen LogP contribution in [0.2, 0.25) is 0 Å². The average molecular weight is 535 g/mol. The van der Waals surface area contributed by atoms with E-state index in [1.54, 1.807) is 12.2 Å². The van der Waals surface area contributed by atoms with Crippen molar-refractivity contribution in [1.82, 2.24) is 0 Å². The first kappa shape index (κ1) is 33.8. The third kappa shape index (κ3) is 16.6. The van der Waals surface area contributed by atoms with Gasteiger partial charge in [-0.1, -0.05) is 89.2 Å². The lowest BCUT2D eigenvalue weighted by atomic mass is 9.90. The van der Waals surface area contributed by atoms with Crippen LogP contribution < -0.4 is 0 Å².